The van der Waals surface area contributed by atoms with E-state index in [1.165, 1.54) is 11.1 Å². The van der Waals surface area contributed by atoms with Gasteiger partial charge in [-0.25, -0.2) is 8.42 Å². The molecule has 1 fully saturated rings. The second kappa shape index (κ2) is 8.51. The van der Waals surface area contributed by atoms with E-state index in [1.807, 2.05) is 24.3 Å². The molecule has 1 aliphatic heterocycles. The second-order valence-corrected chi connectivity index (χ2v) is 9.28. The molecule has 3 rings (SSSR count). The molecule has 0 unspecified atom stereocenters. The van der Waals surface area contributed by atoms with Crippen molar-refractivity contribution in [3.8, 4) is 0 Å². The molecule has 25 heavy (non-hydrogen) atoms. The molecule has 0 aliphatic carbocycles. The molecule has 2 heterocycles. The van der Waals surface area contributed by atoms with Gasteiger partial charge in [0.2, 0.25) is 10.0 Å². The van der Waals surface area contributed by atoms with Crippen molar-refractivity contribution < 1.29 is 8.42 Å². The number of aromatic nitrogens is 1. The van der Waals surface area contributed by atoms with E-state index in [-0.39, 0.29) is 4.90 Å². The van der Waals surface area contributed by atoms with Gasteiger partial charge in [0, 0.05) is 60.8 Å². The van der Waals surface area contributed by atoms with E-state index in [1.54, 1.807) is 34.4 Å². The van der Waals surface area contributed by atoms with Crippen LogP contribution in [-0.4, -0.2) is 61.1 Å². The monoisotopic (exact) mass is 397 g/mol. The van der Waals surface area contributed by atoms with Crippen molar-refractivity contribution in [2.24, 2.45) is 0 Å². The number of hydrogen-bond acceptors (Lipinski definition) is 5. The second-order valence-electron chi connectivity index (χ2n) is 5.74. The summed E-state index contributed by atoms with van der Waals surface area (Å²) in [5.41, 5.74) is 0. The van der Waals surface area contributed by atoms with Crippen LogP contribution in [0.25, 0.3) is 0 Å². The van der Waals surface area contributed by atoms with E-state index >= 15 is 0 Å². The fourth-order valence-electron chi connectivity index (χ4n) is 2.67. The summed E-state index contributed by atoms with van der Waals surface area (Å²) in [6.45, 7) is 3.47. The number of halogens is 1. The van der Waals surface area contributed by atoms with Gasteiger partial charge in [0.15, 0.2) is 0 Å². The van der Waals surface area contributed by atoms with E-state index in [0.717, 1.165) is 30.4 Å². The molecule has 5 nitrogen and oxygen atoms in total. The van der Waals surface area contributed by atoms with E-state index in [4.69, 9.17) is 11.6 Å². The van der Waals surface area contributed by atoms with E-state index in [0.29, 0.717) is 13.1 Å². The lowest BCUT2D eigenvalue weighted by atomic mass is 10.4. The van der Waals surface area contributed by atoms with Crippen molar-refractivity contribution in [1.82, 2.24) is 14.2 Å². The first-order valence-corrected chi connectivity index (χ1v) is 10.9. The third-order valence-corrected chi connectivity index (χ3v) is 7.22. The molecular weight excluding hydrogens is 378 g/mol. The quantitative estimate of drug-likeness (QED) is 0.701. The standard InChI is InChI=1S/C17H20ClN3O2S2/c18-15-3-5-16(6-4-15)24-13-12-20-8-10-21(11-9-20)25(22,23)17-2-1-7-19-14-17/h1-7,14H,8-13H2. The Kier molecular flexibility index (Phi) is 6.35. The number of hydrogen-bond donors (Lipinski definition) is 0. The Hall–Kier alpha value is -1.12. The smallest absolute Gasteiger partial charge is 0.244 e. The maximum atomic E-state index is 12.6. The zero-order valence-corrected chi connectivity index (χ0v) is 16.1. The molecule has 0 atom stereocenters. The molecule has 2 aromatic rings. The third-order valence-electron chi connectivity index (χ3n) is 4.09. The van der Waals surface area contributed by atoms with Crippen LogP contribution in [0.2, 0.25) is 5.02 Å². The highest BCUT2D eigenvalue weighted by atomic mass is 35.5. The van der Waals surface area contributed by atoms with Gasteiger partial charge in [0.25, 0.3) is 0 Å². The highest BCUT2D eigenvalue weighted by Crippen LogP contribution is 2.21. The van der Waals surface area contributed by atoms with Crippen molar-refractivity contribution in [1.29, 1.82) is 0 Å². The number of sulfonamides is 1. The molecule has 0 bridgehead atoms. The summed E-state index contributed by atoms with van der Waals surface area (Å²) < 4.78 is 26.7. The summed E-state index contributed by atoms with van der Waals surface area (Å²) >= 11 is 7.67. The highest BCUT2D eigenvalue weighted by molar-refractivity contribution is 7.99. The molecule has 8 heteroatoms. The molecule has 1 aromatic heterocycles. The van der Waals surface area contributed by atoms with Gasteiger partial charge in [0.05, 0.1) is 0 Å². The highest BCUT2D eigenvalue weighted by Gasteiger charge is 2.28. The van der Waals surface area contributed by atoms with Gasteiger partial charge >= 0.3 is 0 Å². The van der Waals surface area contributed by atoms with Crippen LogP contribution in [0.1, 0.15) is 0 Å². The number of rotatable bonds is 6. The van der Waals surface area contributed by atoms with Crippen LogP contribution in [0.5, 0.6) is 0 Å². The molecule has 134 valence electrons. The lowest BCUT2D eigenvalue weighted by Crippen LogP contribution is -2.49. The number of pyridine rings is 1. The van der Waals surface area contributed by atoms with Gasteiger partial charge in [0.1, 0.15) is 4.90 Å². The largest absolute Gasteiger partial charge is 0.300 e. The third kappa shape index (κ3) is 4.95. The van der Waals surface area contributed by atoms with Crippen molar-refractivity contribution in [3.63, 3.8) is 0 Å². The topological polar surface area (TPSA) is 53.5 Å². The fraction of sp³-hybridized carbons (Fsp3) is 0.353. The molecule has 1 aliphatic rings. The molecule has 0 N–H and O–H groups in total. The summed E-state index contributed by atoms with van der Waals surface area (Å²) in [6.07, 6.45) is 2.99. The average Bonchev–Trinajstić information content (AvgIpc) is 2.64. The summed E-state index contributed by atoms with van der Waals surface area (Å²) in [4.78, 5) is 7.67. The first kappa shape index (κ1) is 18.7. The molecule has 0 saturated carbocycles. The first-order chi connectivity index (χ1) is 12.1. The maximum absolute atomic E-state index is 12.6. The Morgan fingerprint density at radius 3 is 2.44 bits per heavy atom. The molecule has 1 saturated heterocycles. The number of piperazine rings is 1. The van der Waals surface area contributed by atoms with Gasteiger partial charge in [-0.05, 0) is 36.4 Å². The van der Waals surface area contributed by atoms with Crippen LogP contribution in [0, 0.1) is 0 Å². The van der Waals surface area contributed by atoms with Crippen molar-refractivity contribution in [3.05, 3.63) is 53.8 Å². The van der Waals surface area contributed by atoms with Gasteiger partial charge in [-0.1, -0.05) is 11.6 Å². The van der Waals surface area contributed by atoms with Crippen LogP contribution in [0.15, 0.2) is 58.6 Å². The van der Waals surface area contributed by atoms with Crippen molar-refractivity contribution in [2.45, 2.75) is 9.79 Å². The fourth-order valence-corrected chi connectivity index (χ4v) is 5.09. The minimum Gasteiger partial charge on any atom is -0.300 e. The van der Waals surface area contributed by atoms with E-state index < -0.39 is 10.0 Å². The van der Waals surface area contributed by atoms with Crippen LogP contribution in [-0.2, 0) is 10.0 Å². The Morgan fingerprint density at radius 2 is 1.80 bits per heavy atom. The Morgan fingerprint density at radius 1 is 1.08 bits per heavy atom. The minimum absolute atomic E-state index is 0.266. The number of benzene rings is 1. The molecule has 0 radical (unpaired) electrons. The lowest BCUT2D eigenvalue weighted by molar-refractivity contribution is 0.197. The van der Waals surface area contributed by atoms with E-state index in [9.17, 15) is 8.42 Å². The molecule has 0 amide bonds. The Labute approximate surface area is 158 Å². The van der Waals surface area contributed by atoms with Gasteiger partial charge < -0.3 is 0 Å². The Balaban J connectivity index is 1.46. The van der Waals surface area contributed by atoms with Crippen LogP contribution in [0.4, 0.5) is 0 Å². The van der Waals surface area contributed by atoms with Crippen LogP contribution < -0.4 is 0 Å². The predicted octanol–water partition coefficient (Wildman–Crippen LogP) is 2.83. The SMILES string of the molecule is O=S(=O)(c1cccnc1)N1CCN(CCSc2ccc(Cl)cc2)CC1. The predicted molar refractivity (Wildman–Crippen MR) is 102 cm³/mol. The summed E-state index contributed by atoms with van der Waals surface area (Å²) in [7, 11) is -3.43. The summed E-state index contributed by atoms with van der Waals surface area (Å²) in [6, 6.07) is 11.1. The summed E-state index contributed by atoms with van der Waals surface area (Å²) in [5, 5.41) is 0.746. The van der Waals surface area contributed by atoms with Gasteiger partial charge in [-0.15, -0.1) is 11.8 Å². The average molecular weight is 398 g/mol. The van der Waals surface area contributed by atoms with Gasteiger partial charge in [-0.2, -0.15) is 4.31 Å². The van der Waals surface area contributed by atoms with Gasteiger partial charge in [-0.3, -0.25) is 9.88 Å². The summed E-state index contributed by atoms with van der Waals surface area (Å²) in [5.74, 6) is 0.969. The Bertz CT molecular complexity index is 777. The van der Waals surface area contributed by atoms with Crippen LogP contribution in [0.3, 0.4) is 0 Å². The zero-order valence-electron chi connectivity index (χ0n) is 13.7. The minimum atomic E-state index is -3.43. The molecule has 1 aromatic carbocycles. The van der Waals surface area contributed by atoms with Crippen molar-refractivity contribution >= 4 is 33.4 Å². The van der Waals surface area contributed by atoms with E-state index in [2.05, 4.69) is 9.88 Å². The van der Waals surface area contributed by atoms with Crippen molar-refractivity contribution in [2.75, 3.05) is 38.5 Å². The normalized spacial score (nSPS) is 16.8. The lowest BCUT2D eigenvalue weighted by Gasteiger charge is -2.33. The van der Waals surface area contributed by atoms with Crippen LogP contribution >= 0.6 is 23.4 Å². The molecular formula is C17H20ClN3O2S2. The zero-order chi connectivity index (χ0) is 17.7. The maximum Gasteiger partial charge on any atom is 0.244 e. The number of nitrogens with zero attached hydrogens (tertiary/aromatic N) is 3. The molecule has 0 spiro atoms. The first-order valence-electron chi connectivity index (χ1n) is 8.06. The number of thioether (sulfide) groups is 1.